The van der Waals surface area contributed by atoms with Crippen molar-refractivity contribution >= 4 is 21.6 Å². The smallest absolute Gasteiger partial charge is 0.244 e. The molecule has 0 unspecified atom stereocenters. The molecule has 9 heteroatoms. The van der Waals surface area contributed by atoms with Crippen LogP contribution < -0.4 is 19.5 Å². The average Bonchev–Trinajstić information content (AvgIpc) is 2.61. The highest BCUT2D eigenvalue weighted by molar-refractivity contribution is 7.89. The van der Waals surface area contributed by atoms with Crippen LogP contribution in [-0.2, 0) is 14.8 Å². The molecule has 0 aliphatic heterocycles. The van der Waals surface area contributed by atoms with E-state index in [-0.39, 0.29) is 10.6 Å². The molecule has 2 aromatic carbocycles. The zero-order chi connectivity index (χ0) is 18.4. The van der Waals surface area contributed by atoms with Crippen molar-refractivity contribution in [2.75, 3.05) is 26.1 Å². The standard InChI is InChI=1S/C16H17FN2O5S/c1-23-13-7-8-15(14(9-13)24-2)25(21,22)18-10-16(20)19-12-5-3-11(17)4-6-12/h3-9,18H,10H2,1-2H3,(H,19,20). The van der Waals surface area contributed by atoms with Gasteiger partial charge in [0.05, 0.1) is 20.8 Å². The lowest BCUT2D eigenvalue weighted by atomic mass is 10.3. The van der Waals surface area contributed by atoms with Gasteiger partial charge < -0.3 is 14.8 Å². The van der Waals surface area contributed by atoms with Crippen LogP contribution in [0.3, 0.4) is 0 Å². The van der Waals surface area contributed by atoms with Crippen LogP contribution in [-0.4, -0.2) is 35.1 Å². The molecule has 7 nitrogen and oxygen atoms in total. The Labute approximate surface area is 144 Å². The van der Waals surface area contributed by atoms with E-state index in [0.29, 0.717) is 11.4 Å². The molecule has 2 N–H and O–H groups in total. The quantitative estimate of drug-likeness (QED) is 0.777. The maximum absolute atomic E-state index is 12.8. The Balaban J connectivity index is 2.06. The van der Waals surface area contributed by atoms with Crippen molar-refractivity contribution < 1.29 is 27.1 Å². The summed E-state index contributed by atoms with van der Waals surface area (Å²) in [5.41, 5.74) is 0.354. The van der Waals surface area contributed by atoms with Crippen LogP contribution in [0.2, 0.25) is 0 Å². The third kappa shape index (κ3) is 4.91. The number of carbonyl (C=O) groups excluding carboxylic acids is 1. The zero-order valence-electron chi connectivity index (χ0n) is 13.6. The van der Waals surface area contributed by atoms with Gasteiger partial charge in [-0.3, -0.25) is 4.79 Å². The number of nitrogens with one attached hydrogen (secondary N) is 2. The molecular formula is C16H17FN2O5S. The molecule has 0 atom stereocenters. The molecule has 0 spiro atoms. The first-order chi connectivity index (χ1) is 11.9. The number of anilines is 1. The van der Waals surface area contributed by atoms with Gasteiger partial charge in [0.15, 0.2) is 0 Å². The molecule has 0 aromatic heterocycles. The van der Waals surface area contributed by atoms with Crippen LogP contribution in [0.5, 0.6) is 11.5 Å². The van der Waals surface area contributed by atoms with E-state index in [0.717, 1.165) is 0 Å². The minimum atomic E-state index is -3.97. The van der Waals surface area contributed by atoms with E-state index in [4.69, 9.17) is 9.47 Å². The number of ether oxygens (including phenoxy) is 2. The minimum Gasteiger partial charge on any atom is -0.497 e. The van der Waals surface area contributed by atoms with Crippen LogP contribution in [0.25, 0.3) is 0 Å². The van der Waals surface area contributed by atoms with E-state index in [2.05, 4.69) is 10.0 Å². The van der Waals surface area contributed by atoms with Gasteiger partial charge in [-0.1, -0.05) is 0 Å². The molecule has 1 amide bonds. The van der Waals surface area contributed by atoms with Crippen LogP contribution in [0.15, 0.2) is 47.4 Å². The van der Waals surface area contributed by atoms with Gasteiger partial charge in [0.25, 0.3) is 0 Å². The van der Waals surface area contributed by atoms with E-state index in [9.17, 15) is 17.6 Å². The first-order valence-electron chi connectivity index (χ1n) is 7.13. The van der Waals surface area contributed by atoms with Gasteiger partial charge in [0.1, 0.15) is 22.2 Å². The highest BCUT2D eigenvalue weighted by Gasteiger charge is 2.21. The number of methoxy groups -OCH3 is 2. The molecule has 0 saturated heterocycles. The summed E-state index contributed by atoms with van der Waals surface area (Å²) in [4.78, 5) is 11.7. The highest BCUT2D eigenvalue weighted by atomic mass is 32.2. The third-order valence-electron chi connectivity index (χ3n) is 3.21. The number of rotatable bonds is 7. The maximum atomic E-state index is 12.8. The average molecular weight is 368 g/mol. The normalized spacial score (nSPS) is 11.0. The lowest BCUT2D eigenvalue weighted by Gasteiger charge is -2.12. The third-order valence-corrected chi connectivity index (χ3v) is 4.65. The Hall–Kier alpha value is -2.65. The fourth-order valence-electron chi connectivity index (χ4n) is 1.97. The Morgan fingerprint density at radius 2 is 1.76 bits per heavy atom. The van der Waals surface area contributed by atoms with Gasteiger partial charge >= 0.3 is 0 Å². The number of amides is 1. The van der Waals surface area contributed by atoms with Crippen molar-refractivity contribution in [1.82, 2.24) is 4.72 Å². The molecule has 0 radical (unpaired) electrons. The van der Waals surface area contributed by atoms with Crippen LogP contribution in [0.1, 0.15) is 0 Å². The Kier molecular flexibility index (Phi) is 5.94. The first kappa shape index (κ1) is 18.7. The summed E-state index contributed by atoms with van der Waals surface area (Å²) in [7, 11) is -1.20. The molecule has 2 rings (SSSR count). The van der Waals surface area contributed by atoms with Crippen molar-refractivity contribution in [3.8, 4) is 11.5 Å². The van der Waals surface area contributed by atoms with E-state index >= 15 is 0 Å². The van der Waals surface area contributed by atoms with E-state index in [1.807, 2.05) is 0 Å². The number of carbonyl (C=O) groups is 1. The second-order valence-electron chi connectivity index (χ2n) is 4.90. The van der Waals surface area contributed by atoms with Crippen molar-refractivity contribution in [2.24, 2.45) is 0 Å². The van der Waals surface area contributed by atoms with Gasteiger partial charge in [0.2, 0.25) is 15.9 Å². The van der Waals surface area contributed by atoms with Gasteiger partial charge in [-0.25, -0.2) is 17.5 Å². The lowest BCUT2D eigenvalue weighted by molar-refractivity contribution is -0.115. The monoisotopic (exact) mass is 368 g/mol. The minimum absolute atomic E-state index is 0.0887. The number of sulfonamides is 1. The van der Waals surface area contributed by atoms with E-state index in [1.54, 1.807) is 0 Å². The fraction of sp³-hybridized carbons (Fsp3) is 0.188. The molecule has 25 heavy (non-hydrogen) atoms. The molecule has 134 valence electrons. The summed E-state index contributed by atoms with van der Waals surface area (Å²) in [5, 5.41) is 2.46. The Morgan fingerprint density at radius 1 is 1.08 bits per heavy atom. The maximum Gasteiger partial charge on any atom is 0.244 e. The summed E-state index contributed by atoms with van der Waals surface area (Å²) >= 11 is 0. The van der Waals surface area contributed by atoms with E-state index < -0.39 is 28.3 Å². The van der Waals surface area contributed by atoms with Crippen LogP contribution in [0, 0.1) is 5.82 Å². The predicted molar refractivity (Wildman–Crippen MR) is 89.8 cm³/mol. The molecule has 0 fully saturated rings. The second-order valence-corrected chi connectivity index (χ2v) is 6.63. The topological polar surface area (TPSA) is 93.7 Å². The Morgan fingerprint density at radius 3 is 2.36 bits per heavy atom. The first-order valence-corrected chi connectivity index (χ1v) is 8.61. The molecule has 0 bridgehead atoms. The highest BCUT2D eigenvalue weighted by Crippen LogP contribution is 2.28. The van der Waals surface area contributed by atoms with E-state index in [1.165, 1.54) is 56.7 Å². The molecular weight excluding hydrogens is 351 g/mol. The number of benzene rings is 2. The van der Waals surface area contributed by atoms with Crippen molar-refractivity contribution in [3.05, 3.63) is 48.3 Å². The molecule has 0 heterocycles. The zero-order valence-corrected chi connectivity index (χ0v) is 14.4. The number of halogens is 1. The summed E-state index contributed by atoms with van der Waals surface area (Å²) in [6.07, 6.45) is 0. The van der Waals surface area contributed by atoms with Crippen molar-refractivity contribution in [3.63, 3.8) is 0 Å². The molecule has 0 saturated carbocycles. The summed E-state index contributed by atoms with van der Waals surface area (Å²) < 4.78 is 49.8. The van der Waals surface area contributed by atoms with Gasteiger partial charge in [0, 0.05) is 11.8 Å². The van der Waals surface area contributed by atoms with Crippen molar-refractivity contribution in [2.45, 2.75) is 4.90 Å². The fourth-order valence-corrected chi connectivity index (χ4v) is 3.10. The summed E-state index contributed by atoms with van der Waals surface area (Å²) in [6.45, 7) is -0.491. The Bertz CT molecular complexity index is 853. The molecule has 0 aliphatic rings. The predicted octanol–water partition coefficient (Wildman–Crippen LogP) is 1.76. The lowest BCUT2D eigenvalue weighted by Crippen LogP contribution is -2.33. The largest absolute Gasteiger partial charge is 0.497 e. The molecule has 2 aromatic rings. The van der Waals surface area contributed by atoms with Gasteiger partial charge in [-0.2, -0.15) is 0 Å². The van der Waals surface area contributed by atoms with Crippen LogP contribution in [0.4, 0.5) is 10.1 Å². The van der Waals surface area contributed by atoms with Crippen molar-refractivity contribution in [1.29, 1.82) is 0 Å². The van der Waals surface area contributed by atoms with Gasteiger partial charge in [-0.15, -0.1) is 0 Å². The number of hydrogen-bond donors (Lipinski definition) is 2. The SMILES string of the molecule is COc1ccc(S(=O)(=O)NCC(=O)Nc2ccc(F)cc2)c(OC)c1. The summed E-state index contributed by atoms with van der Waals surface area (Å²) in [5.74, 6) is -0.511. The van der Waals surface area contributed by atoms with Crippen LogP contribution >= 0.6 is 0 Å². The van der Waals surface area contributed by atoms with Gasteiger partial charge in [-0.05, 0) is 36.4 Å². The summed E-state index contributed by atoms with van der Waals surface area (Å²) in [6, 6.07) is 9.31. The second kappa shape index (κ2) is 7.95. The number of hydrogen-bond acceptors (Lipinski definition) is 5. The molecule has 0 aliphatic carbocycles.